The number of hydrogen-bond acceptors (Lipinski definition) is 4. The van der Waals surface area contributed by atoms with Gasteiger partial charge < -0.3 is 15.4 Å². The number of nitrogens with two attached hydrogens (primary N) is 1. The van der Waals surface area contributed by atoms with E-state index in [-0.39, 0.29) is 40.3 Å². The normalized spacial score (nSPS) is 10.4. The number of nitrogen functional groups attached to an aromatic ring is 1. The molecule has 0 aliphatic heterocycles. The molecule has 0 saturated heterocycles. The molecule has 1 aromatic heterocycles. The molecule has 0 fully saturated rings. The second-order valence-corrected chi connectivity index (χ2v) is 4.93. The Labute approximate surface area is 128 Å². The minimum Gasteiger partial charge on any atom is -0.442 e. The van der Waals surface area contributed by atoms with E-state index < -0.39 is 10.0 Å². The molecule has 1 heterocycles. The molecule has 88 valence electrons. The second-order valence-electron chi connectivity index (χ2n) is 3.32. The molecule has 2 aromatic rings. The second kappa shape index (κ2) is 6.19. The molecule has 5 nitrogen and oxygen atoms in total. The fourth-order valence-corrected chi connectivity index (χ4v) is 2.16. The number of pyridine rings is 1. The van der Waals surface area contributed by atoms with Gasteiger partial charge in [-0.2, -0.15) is 0 Å². The van der Waals surface area contributed by atoms with Crippen molar-refractivity contribution in [3.63, 3.8) is 0 Å². The smallest absolute Gasteiger partial charge is 0.442 e. The predicted molar refractivity (Wildman–Crippen MR) is 65.3 cm³/mol. The molecule has 0 aliphatic carbocycles. The third-order valence-corrected chi connectivity index (χ3v) is 3.34. The Morgan fingerprint density at radius 2 is 1.72 bits per heavy atom. The summed E-state index contributed by atoms with van der Waals surface area (Å²) in [7, 11) is -3.72. The summed E-state index contributed by atoms with van der Waals surface area (Å²) in [6.45, 7) is 0. The van der Waals surface area contributed by atoms with Crippen molar-refractivity contribution in [3.8, 4) is 0 Å². The van der Waals surface area contributed by atoms with Gasteiger partial charge in [-0.1, -0.05) is 24.4 Å². The number of sulfonamides is 1. The standard InChI is InChI=1S/C11H10N3O2S.Na/c12-9-4-6-10(7-5-9)17(15,16)14-11-3-1-2-8-13-11;/h1-8H,12H2;/q-1;+1. The molecule has 1 aromatic carbocycles. The Bertz CT molecular complexity index is 600. The third kappa shape index (κ3) is 3.71. The van der Waals surface area contributed by atoms with Crippen molar-refractivity contribution in [2.45, 2.75) is 4.90 Å². The molecule has 0 unspecified atom stereocenters. The van der Waals surface area contributed by atoms with Crippen LogP contribution in [-0.2, 0) is 10.0 Å². The van der Waals surface area contributed by atoms with Crippen LogP contribution in [0.5, 0.6) is 0 Å². The summed E-state index contributed by atoms with van der Waals surface area (Å²) < 4.78 is 27.3. The molecule has 0 bridgehead atoms. The maximum Gasteiger partial charge on any atom is 1.00 e. The van der Waals surface area contributed by atoms with Crippen molar-refractivity contribution in [2.24, 2.45) is 0 Å². The van der Waals surface area contributed by atoms with Crippen LogP contribution in [0.3, 0.4) is 0 Å². The van der Waals surface area contributed by atoms with Gasteiger partial charge in [0.2, 0.25) is 10.0 Å². The summed E-state index contributed by atoms with van der Waals surface area (Å²) in [5, 5.41) is 0. The van der Waals surface area contributed by atoms with Gasteiger partial charge in [0.15, 0.2) is 0 Å². The van der Waals surface area contributed by atoms with Crippen molar-refractivity contribution in [2.75, 3.05) is 5.73 Å². The predicted octanol–water partition coefficient (Wildman–Crippen LogP) is -0.938. The van der Waals surface area contributed by atoms with Crippen molar-refractivity contribution in [3.05, 3.63) is 53.4 Å². The summed E-state index contributed by atoms with van der Waals surface area (Å²) in [5.74, 6) is 0.157. The van der Waals surface area contributed by atoms with Crippen LogP contribution in [0, 0.1) is 0 Å². The van der Waals surface area contributed by atoms with Crippen LogP contribution < -0.4 is 35.3 Å². The van der Waals surface area contributed by atoms with Crippen molar-refractivity contribution >= 4 is 21.5 Å². The zero-order valence-corrected chi connectivity index (χ0v) is 12.6. The van der Waals surface area contributed by atoms with Crippen LogP contribution in [0.15, 0.2) is 53.6 Å². The van der Waals surface area contributed by atoms with Crippen molar-refractivity contribution in [1.29, 1.82) is 0 Å². The molecule has 2 rings (SSSR count). The summed E-state index contributed by atoms with van der Waals surface area (Å²) in [5.41, 5.74) is 5.99. The number of anilines is 1. The first-order valence-corrected chi connectivity index (χ1v) is 6.26. The largest absolute Gasteiger partial charge is 1.00 e. The summed E-state index contributed by atoms with van der Waals surface area (Å²) >= 11 is 0. The maximum absolute atomic E-state index is 11.9. The zero-order valence-electron chi connectivity index (χ0n) is 9.82. The fourth-order valence-electron chi connectivity index (χ4n) is 1.22. The Morgan fingerprint density at radius 3 is 2.28 bits per heavy atom. The molecule has 7 heteroatoms. The van der Waals surface area contributed by atoms with Gasteiger partial charge in [0, 0.05) is 5.69 Å². The fraction of sp³-hybridized carbons (Fsp3) is 0. The molecule has 0 atom stereocenters. The first-order valence-electron chi connectivity index (χ1n) is 4.82. The van der Waals surface area contributed by atoms with E-state index in [2.05, 4.69) is 9.71 Å². The first-order chi connectivity index (χ1) is 8.08. The van der Waals surface area contributed by atoms with E-state index in [0.29, 0.717) is 5.69 Å². The number of rotatable bonds is 3. The molecule has 0 spiro atoms. The first kappa shape index (κ1) is 15.0. The van der Waals surface area contributed by atoms with E-state index in [1.165, 1.54) is 36.5 Å². The van der Waals surface area contributed by atoms with Crippen LogP contribution >= 0.6 is 0 Å². The van der Waals surface area contributed by atoms with E-state index in [0.717, 1.165) is 0 Å². The number of benzene rings is 1. The van der Waals surface area contributed by atoms with Crippen LogP contribution in [0.4, 0.5) is 11.5 Å². The maximum atomic E-state index is 11.9. The van der Waals surface area contributed by atoms with Gasteiger partial charge in [-0.25, -0.2) is 8.42 Å². The van der Waals surface area contributed by atoms with E-state index in [9.17, 15) is 8.42 Å². The number of hydrogen-bond donors (Lipinski definition) is 1. The summed E-state index contributed by atoms with van der Waals surface area (Å²) in [6.07, 6.45) is 1.48. The number of aromatic nitrogens is 1. The molecule has 0 amide bonds. The van der Waals surface area contributed by atoms with Crippen LogP contribution in [0.1, 0.15) is 0 Å². The average molecular weight is 271 g/mol. The third-order valence-electron chi connectivity index (χ3n) is 2.04. The van der Waals surface area contributed by atoms with E-state index in [4.69, 9.17) is 5.73 Å². The van der Waals surface area contributed by atoms with Gasteiger partial charge in [0.25, 0.3) is 0 Å². The van der Waals surface area contributed by atoms with Gasteiger partial charge in [0.05, 0.1) is 4.90 Å². The Morgan fingerprint density at radius 1 is 1.06 bits per heavy atom. The van der Waals surface area contributed by atoms with Crippen molar-refractivity contribution in [1.82, 2.24) is 4.98 Å². The topological polar surface area (TPSA) is 87.2 Å². The monoisotopic (exact) mass is 271 g/mol. The minimum atomic E-state index is -3.72. The zero-order chi connectivity index (χ0) is 12.3. The Hall–Kier alpha value is -1.08. The molecular weight excluding hydrogens is 261 g/mol. The number of nitrogens with zero attached hydrogens (tertiary/aromatic N) is 2. The van der Waals surface area contributed by atoms with Gasteiger partial charge >= 0.3 is 29.6 Å². The molecular formula is C11H10N3NaO2S. The van der Waals surface area contributed by atoms with E-state index in [1.54, 1.807) is 12.1 Å². The summed E-state index contributed by atoms with van der Waals surface area (Å²) in [6, 6.07) is 10.7. The van der Waals surface area contributed by atoms with Gasteiger partial charge in [-0.05, 0) is 30.1 Å². The van der Waals surface area contributed by atoms with Crippen LogP contribution in [0.25, 0.3) is 4.72 Å². The quantitative estimate of drug-likeness (QED) is 0.576. The van der Waals surface area contributed by atoms with Crippen LogP contribution in [0.2, 0.25) is 0 Å². The van der Waals surface area contributed by atoms with E-state index in [1.807, 2.05) is 0 Å². The average Bonchev–Trinajstić information content (AvgIpc) is 2.30. The van der Waals surface area contributed by atoms with Gasteiger partial charge in [-0.3, -0.25) is 0 Å². The van der Waals surface area contributed by atoms with Crippen LogP contribution in [-0.4, -0.2) is 13.4 Å². The SMILES string of the molecule is Nc1ccc(S(=O)(=O)[N-]c2ccccn2)cc1.[Na+]. The van der Waals surface area contributed by atoms with E-state index >= 15 is 0 Å². The Kier molecular flexibility index (Phi) is 5.15. The molecule has 0 saturated carbocycles. The van der Waals surface area contributed by atoms with Gasteiger partial charge in [0.1, 0.15) is 0 Å². The molecule has 0 aliphatic rings. The molecule has 2 N–H and O–H groups in total. The molecule has 18 heavy (non-hydrogen) atoms. The molecule has 0 radical (unpaired) electrons. The summed E-state index contributed by atoms with van der Waals surface area (Å²) in [4.78, 5) is 3.93. The minimum absolute atomic E-state index is 0. The van der Waals surface area contributed by atoms with Gasteiger partial charge in [-0.15, -0.1) is 0 Å². The van der Waals surface area contributed by atoms with Crippen molar-refractivity contribution < 1.29 is 38.0 Å². The Balaban J connectivity index is 0.00000162.